The third kappa shape index (κ3) is 7.27. The van der Waals surface area contributed by atoms with Gasteiger partial charge in [0, 0.05) is 29.7 Å². The average Bonchev–Trinajstić information content (AvgIpc) is 3.32. The van der Waals surface area contributed by atoms with Crippen LogP contribution in [0.5, 0.6) is 0 Å². The SMILES string of the molecule is CCC.Cn1cc(C(=O)NCc2ccc(Cl)cc2)c(=O)c2cc(COCC(O)c3ccccc3)sc21. The van der Waals surface area contributed by atoms with Crippen LogP contribution in [0.15, 0.2) is 71.7 Å². The second-order valence-corrected chi connectivity index (χ2v) is 9.92. The number of rotatable bonds is 8. The van der Waals surface area contributed by atoms with Crippen LogP contribution >= 0.6 is 22.9 Å². The molecule has 0 spiro atoms. The van der Waals surface area contributed by atoms with E-state index in [0.29, 0.717) is 17.0 Å². The maximum atomic E-state index is 13.0. The number of aryl methyl sites for hydroxylation is 1. The van der Waals surface area contributed by atoms with Crippen molar-refractivity contribution in [1.82, 2.24) is 9.88 Å². The van der Waals surface area contributed by atoms with Crippen LogP contribution in [-0.2, 0) is 24.9 Å². The quantitative estimate of drug-likeness (QED) is 0.302. The summed E-state index contributed by atoms with van der Waals surface area (Å²) in [6, 6.07) is 18.2. The first kappa shape index (κ1) is 27.6. The zero-order valence-corrected chi connectivity index (χ0v) is 22.2. The Hall–Kier alpha value is -2.97. The van der Waals surface area contributed by atoms with Gasteiger partial charge in [-0.2, -0.15) is 0 Å². The van der Waals surface area contributed by atoms with E-state index in [2.05, 4.69) is 19.2 Å². The Balaban J connectivity index is 0.00000115. The molecule has 2 aromatic carbocycles. The lowest BCUT2D eigenvalue weighted by atomic mass is 10.1. The Morgan fingerprint density at radius 3 is 2.47 bits per heavy atom. The average molecular weight is 527 g/mol. The van der Waals surface area contributed by atoms with E-state index in [1.165, 1.54) is 17.8 Å². The number of fused-ring (bicyclic) bond motifs is 1. The van der Waals surface area contributed by atoms with Gasteiger partial charge in [0.05, 0.1) is 18.6 Å². The molecule has 4 aromatic rings. The number of hydrogen-bond donors (Lipinski definition) is 2. The number of amides is 1. The first-order chi connectivity index (χ1) is 17.3. The monoisotopic (exact) mass is 526 g/mol. The molecule has 0 saturated heterocycles. The summed E-state index contributed by atoms with van der Waals surface area (Å²) >= 11 is 7.32. The third-order valence-corrected chi connectivity index (χ3v) is 6.66. The number of carbonyl (C=O) groups is 1. The lowest BCUT2D eigenvalue weighted by Crippen LogP contribution is -2.29. The summed E-state index contributed by atoms with van der Waals surface area (Å²) < 4.78 is 7.46. The fourth-order valence-corrected chi connectivity index (χ4v) is 4.62. The zero-order chi connectivity index (χ0) is 26.1. The largest absolute Gasteiger partial charge is 0.386 e. The standard InChI is InChI=1S/C25H23ClN2O4S.C3H8/c1-28-13-21(24(31)27-12-16-7-9-18(26)10-8-16)23(30)20-11-19(33-25(20)28)14-32-15-22(29)17-5-3-2-4-6-17;1-3-2/h2-11,13,22,29H,12,14-15H2,1H3,(H,27,31);3H2,1-2H3. The lowest BCUT2D eigenvalue weighted by molar-refractivity contribution is 0.0287. The molecule has 4 rings (SSSR count). The van der Waals surface area contributed by atoms with E-state index in [4.69, 9.17) is 16.3 Å². The highest BCUT2D eigenvalue weighted by Crippen LogP contribution is 2.25. The van der Waals surface area contributed by atoms with E-state index < -0.39 is 12.0 Å². The van der Waals surface area contributed by atoms with E-state index in [1.54, 1.807) is 36.0 Å². The van der Waals surface area contributed by atoms with Gasteiger partial charge in [-0.25, -0.2) is 0 Å². The van der Waals surface area contributed by atoms with Gasteiger partial charge in [0.2, 0.25) is 5.43 Å². The van der Waals surface area contributed by atoms with Crippen molar-refractivity contribution >= 4 is 39.1 Å². The number of pyridine rings is 1. The van der Waals surface area contributed by atoms with Gasteiger partial charge >= 0.3 is 0 Å². The summed E-state index contributed by atoms with van der Waals surface area (Å²) in [6.07, 6.45) is 2.09. The van der Waals surface area contributed by atoms with E-state index >= 15 is 0 Å². The van der Waals surface area contributed by atoms with Gasteiger partial charge in [0.25, 0.3) is 5.91 Å². The number of halogens is 1. The molecule has 0 aliphatic heterocycles. The Morgan fingerprint density at radius 2 is 1.81 bits per heavy atom. The highest BCUT2D eigenvalue weighted by molar-refractivity contribution is 7.18. The van der Waals surface area contributed by atoms with Crippen LogP contribution in [0.3, 0.4) is 0 Å². The van der Waals surface area contributed by atoms with Crippen LogP contribution in [0.25, 0.3) is 10.2 Å². The maximum Gasteiger partial charge on any atom is 0.257 e. The van der Waals surface area contributed by atoms with E-state index in [9.17, 15) is 14.7 Å². The van der Waals surface area contributed by atoms with Crippen molar-refractivity contribution in [2.24, 2.45) is 7.05 Å². The number of aliphatic hydroxyl groups excluding tert-OH is 1. The van der Waals surface area contributed by atoms with Crippen molar-refractivity contribution in [1.29, 1.82) is 0 Å². The summed E-state index contributed by atoms with van der Waals surface area (Å²) in [7, 11) is 1.80. The van der Waals surface area contributed by atoms with Crippen molar-refractivity contribution in [3.05, 3.63) is 104 Å². The van der Waals surface area contributed by atoms with Crippen LogP contribution in [-0.4, -0.2) is 22.2 Å². The van der Waals surface area contributed by atoms with E-state index in [0.717, 1.165) is 20.8 Å². The fourth-order valence-electron chi connectivity index (χ4n) is 3.47. The molecule has 0 radical (unpaired) electrons. The number of benzene rings is 2. The summed E-state index contributed by atoms with van der Waals surface area (Å²) in [5.41, 5.74) is 1.45. The Morgan fingerprint density at radius 1 is 1.14 bits per heavy atom. The van der Waals surface area contributed by atoms with E-state index in [1.807, 2.05) is 42.5 Å². The summed E-state index contributed by atoms with van der Waals surface area (Å²) in [5, 5.41) is 14.1. The predicted octanol–water partition coefficient (Wildman–Crippen LogP) is 5.85. The normalized spacial score (nSPS) is 11.6. The van der Waals surface area contributed by atoms with Crippen LogP contribution in [0.4, 0.5) is 0 Å². The molecule has 0 aliphatic carbocycles. The molecule has 2 N–H and O–H groups in total. The summed E-state index contributed by atoms with van der Waals surface area (Å²) in [6.45, 7) is 4.96. The van der Waals surface area contributed by atoms with Crippen molar-refractivity contribution in [3.63, 3.8) is 0 Å². The molecule has 6 nitrogen and oxygen atoms in total. The molecule has 36 heavy (non-hydrogen) atoms. The molecule has 8 heteroatoms. The Kier molecular flexibility index (Phi) is 10.3. The van der Waals surface area contributed by atoms with Gasteiger partial charge in [-0.15, -0.1) is 11.3 Å². The number of nitrogens with zero attached hydrogens (tertiary/aromatic N) is 1. The molecular formula is C28H31ClN2O4S. The Bertz CT molecular complexity index is 1330. The third-order valence-electron chi connectivity index (χ3n) is 5.21. The molecular weight excluding hydrogens is 496 g/mol. The molecule has 2 heterocycles. The van der Waals surface area contributed by atoms with Gasteiger partial charge in [-0.3, -0.25) is 9.59 Å². The second-order valence-electron chi connectivity index (χ2n) is 8.37. The number of hydrogen-bond acceptors (Lipinski definition) is 5. The van der Waals surface area contributed by atoms with Gasteiger partial charge < -0.3 is 19.7 Å². The highest BCUT2D eigenvalue weighted by Gasteiger charge is 2.17. The minimum absolute atomic E-state index is 0.0868. The molecule has 1 atom stereocenters. The van der Waals surface area contributed by atoms with Gasteiger partial charge in [0.1, 0.15) is 16.5 Å². The highest BCUT2D eigenvalue weighted by atomic mass is 35.5. The van der Waals surface area contributed by atoms with Gasteiger partial charge in [-0.1, -0.05) is 74.3 Å². The minimum atomic E-state index is -0.720. The molecule has 0 bridgehead atoms. The lowest BCUT2D eigenvalue weighted by Gasteiger charge is -2.10. The molecule has 1 unspecified atom stereocenters. The smallest absolute Gasteiger partial charge is 0.257 e. The molecule has 2 aromatic heterocycles. The summed E-state index contributed by atoms with van der Waals surface area (Å²) in [4.78, 5) is 27.3. The van der Waals surface area contributed by atoms with E-state index in [-0.39, 0.29) is 24.2 Å². The number of aromatic nitrogens is 1. The topological polar surface area (TPSA) is 80.6 Å². The molecule has 0 aliphatic rings. The van der Waals surface area contributed by atoms with Crippen molar-refractivity contribution in [2.45, 2.75) is 39.5 Å². The van der Waals surface area contributed by atoms with Crippen molar-refractivity contribution in [3.8, 4) is 0 Å². The van der Waals surface area contributed by atoms with Crippen LogP contribution in [0.2, 0.25) is 5.02 Å². The fraction of sp³-hybridized carbons (Fsp3) is 0.286. The van der Waals surface area contributed by atoms with Crippen LogP contribution < -0.4 is 10.7 Å². The second kappa shape index (κ2) is 13.4. The number of carbonyl (C=O) groups excluding carboxylic acids is 1. The zero-order valence-electron chi connectivity index (χ0n) is 20.7. The molecule has 0 saturated carbocycles. The minimum Gasteiger partial charge on any atom is -0.386 e. The first-order valence-electron chi connectivity index (χ1n) is 11.8. The summed E-state index contributed by atoms with van der Waals surface area (Å²) in [5.74, 6) is -0.428. The molecule has 0 fully saturated rings. The molecule has 190 valence electrons. The first-order valence-corrected chi connectivity index (χ1v) is 13.0. The van der Waals surface area contributed by atoms with Crippen LogP contribution in [0, 0.1) is 0 Å². The number of nitrogens with one attached hydrogen (secondary N) is 1. The maximum absolute atomic E-state index is 13.0. The predicted molar refractivity (Wildman–Crippen MR) is 147 cm³/mol. The van der Waals surface area contributed by atoms with Gasteiger partial charge in [0.15, 0.2) is 0 Å². The van der Waals surface area contributed by atoms with Gasteiger partial charge in [-0.05, 0) is 29.3 Å². The van der Waals surface area contributed by atoms with Crippen molar-refractivity contribution in [2.75, 3.05) is 6.61 Å². The number of aliphatic hydroxyl groups is 1. The molecule has 1 amide bonds. The number of thiophene rings is 1. The Labute approximate surface area is 220 Å². The number of ether oxygens (including phenoxy) is 1. The van der Waals surface area contributed by atoms with Crippen LogP contribution in [0.1, 0.15) is 52.7 Å². The van der Waals surface area contributed by atoms with Crippen molar-refractivity contribution < 1.29 is 14.6 Å².